The van der Waals surface area contributed by atoms with E-state index in [2.05, 4.69) is 15.9 Å². The minimum atomic E-state index is 0.220. The lowest BCUT2D eigenvalue weighted by Gasteiger charge is -2.01. The monoisotopic (exact) mass is 232 g/mol. The summed E-state index contributed by atoms with van der Waals surface area (Å²) in [6, 6.07) is 5.77. The molecule has 1 unspecified atom stereocenters. The fourth-order valence-electron chi connectivity index (χ4n) is 1.03. The standard InChI is InChI=1S/C8H6BrClO/c9-5-2-1-3-6(10)8(5)7-4-11-7/h1-3,7H,4H2. The number of rotatable bonds is 1. The van der Waals surface area contributed by atoms with Crippen LogP contribution < -0.4 is 0 Å². The normalized spacial score (nSPS) is 21.8. The predicted octanol–water partition coefficient (Wildman–Crippen LogP) is 3.17. The van der Waals surface area contributed by atoms with Crippen molar-refractivity contribution in [3.8, 4) is 0 Å². The SMILES string of the molecule is Clc1cccc(Br)c1C1CO1. The summed E-state index contributed by atoms with van der Waals surface area (Å²) in [6.45, 7) is 0.794. The summed E-state index contributed by atoms with van der Waals surface area (Å²) in [5, 5.41) is 0.780. The molecule has 1 aromatic carbocycles. The largest absolute Gasteiger partial charge is 0.368 e. The number of benzene rings is 1. The van der Waals surface area contributed by atoms with Crippen LogP contribution in [0.2, 0.25) is 5.02 Å². The topological polar surface area (TPSA) is 12.5 Å². The smallest absolute Gasteiger partial charge is 0.108 e. The van der Waals surface area contributed by atoms with E-state index in [0.29, 0.717) is 0 Å². The molecule has 1 aromatic rings. The van der Waals surface area contributed by atoms with E-state index in [-0.39, 0.29) is 6.10 Å². The van der Waals surface area contributed by atoms with Crippen LogP contribution in [-0.2, 0) is 4.74 Å². The van der Waals surface area contributed by atoms with Gasteiger partial charge in [-0.05, 0) is 12.1 Å². The Morgan fingerprint density at radius 2 is 2.27 bits per heavy atom. The molecule has 1 heterocycles. The van der Waals surface area contributed by atoms with Gasteiger partial charge in [0.2, 0.25) is 0 Å². The van der Waals surface area contributed by atoms with Crippen LogP contribution in [0.4, 0.5) is 0 Å². The van der Waals surface area contributed by atoms with Crippen LogP contribution in [0.5, 0.6) is 0 Å². The molecule has 1 fully saturated rings. The van der Waals surface area contributed by atoms with Crippen LogP contribution in [-0.4, -0.2) is 6.61 Å². The summed E-state index contributed by atoms with van der Waals surface area (Å²) in [5.41, 5.74) is 1.08. The van der Waals surface area contributed by atoms with E-state index in [1.165, 1.54) is 0 Å². The summed E-state index contributed by atoms with van der Waals surface area (Å²) in [6.07, 6.45) is 0.220. The van der Waals surface area contributed by atoms with Crippen molar-refractivity contribution >= 4 is 27.5 Å². The number of epoxide rings is 1. The van der Waals surface area contributed by atoms with Crippen LogP contribution >= 0.6 is 27.5 Å². The highest BCUT2D eigenvalue weighted by molar-refractivity contribution is 9.10. The lowest BCUT2D eigenvalue weighted by Crippen LogP contribution is -1.83. The number of hydrogen-bond donors (Lipinski definition) is 0. The van der Waals surface area contributed by atoms with Gasteiger partial charge in [0.05, 0.1) is 6.61 Å². The second kappa shape index (κ2) is 2.77. The highest BCUT2D eigenvalue weighted by Crippen LogP contribution is 2.39. The van der Waals surface area contributed by atoms with Gasteiger partial charge in [-0.15, -0.1) is 0 Å². The van der Waals surface area contributed by atoms with Gasteiger partial charge >= 0.3 is 0 Å². The molecule has 2 rings (SSSR count). The summed E-state index contributed by atoms with van der Waals surface area (Å²) < 4.78 is 6.18. The molecular formula is C8H6BrClO. The molecule has 0 aromatic heterocycles. The van der Waals surface area contributed by atoms with Crippen molar-refractivity contribution in [2.24, 2.45) is 0 Å². The van der Waals surface area contributed by atoms with Crippen molar-refractivity contribution in [1.82, 2.24) is 0 Å². The molecule has 0 bridgehead atoms. The average Bonchev–Trinajstić information content (AvgIpc) is 2.70. The molecule has 1 nitrogen and oxygen atoms in total. The van der Waals surface area contributed by atoms with Gasteiger partial charge < -0.3 is 4.74 Å². The Morgan fingerprint density at radius 3 is 2.82 bits per heavy atom. The van der Waals surface area contributed by atoms with E-state index in [4.69, 9.17) is 16.3 Å². The van der Waals surface area contributed by atoms with Crippen molar-refractivity contribution in [3.63, 3.8) is 0 Å². The minimum absolute atomic E-state index is 0.220. The Hall–Kier alpha value is -0.0500. The van der Waals surface area contributed by atoms with Gasteiger partial charge in [0, 0.05) is 15.1 Å². The molecule has 11 heavy (non-hydrogen) atoms. The molecule has 0 N–H and O–H groups in total. The second-order valence-electron chi connectivity index (χ2n) is 2.46. The third-order valence-electron chi connectivity index (χ3n) is 1.66. The summed E-state index contributed by atoms with van der Waals surface area (Å²) >= 11 is 9.38. The quantitative estimate of drug-likeness (QED) is 0.679. The highest BCUT2D eigenvalue weighted by Gasteiger charge is 2.28. The van der Waals surface area contributed by atoms with Gasteiger partial charge in [-0.2, -0.15) is 0 Å². The van der Waals surface area contributed by atoms with Gasteiger partial charge in [0.15, 0.2) is 0 Å². The molecule has 1 aliphatic rings. The molecule has 1 saturated heterocycles. The maximum absolute atomic E-state index is 5.95. The Morgan fingerprint density at radius 1 is 1.55 bits per heavy atom. The highest BCUT2D eigenvalue weighted by atomic mass is 79.9. The third-order valence-corrected chi connectivity index (χ3v) is 2.68. The Kier molecular flexibility index (Phi) is 1.91. The van der Waals surface area contributed by atoms with E-state index in [0.717, 1.165) is 21.7 Å². The molecule has 1 atom stereocenters. The molecule has 0 aliphatic carbocycles. The molecule has 3 heteroatoms. The first-order chi connectivity index (χ1) is 5.29. The van der Waals surface area contributed by atoms with Gasteiger partial charge in [-0.3, -0.25) is 0 Å². The van der Waals surface area contributed by atoms with Gasteiger partial charge in [0.1, 0.15) is 6.10 Å². The zero-order valence-corrected chi connectivity index (χ0v) is 8.02. The molecule has 0 radical (unpaired) electrons. The van der Waals surface area contributed by atoms with E-state index >= 15 is 0 Å². The van der Waals surface area contributed by atoms with Crippen molar-refractivity contribution in [1.29, 1.82) is 0 Å². The zero-order chi connectivity index (χ0) is 7.84. The summed E-state index contributed by atoms with van der Waals surface area (Å²) in [4.78, 5) is 0. The molecule has 0 spiro atoms. The van der Waals surface area contributed by atoms with Crippen LogP contribution in [0.1, 0.15) is 11.7 Å². The van der Waals surface area contributed by atoms with Crippen molar-refractivity contribution in [3.05, 3.63) is 33.3 Å². The Bertz CT molecular complexity index is 263. The third kappa shape index (κ3) is 1.43. The Balaban J connectivity index is 2.48. The first-order valence-corrected chi connectivity index (χ1v) is 4.51. The maximum atomic E-state index is 5.95. The lowest BCUT2D eigenvalue weighted by molar-refractivity contribution is 0.415. The molecular weight excluding hydrogens is 227 g/mol. The van der Waals surface area contributed by atoms with Crippen LogP contribution in [0.3, 0.4) is 0 Å². The number of hydrogen-bond acceptors (Lipinski definition) is 1. The van der Waals surface area contributed by atoms with Crippen LogP contribution in [0.15, 0.2) is 22.7 Å². The lowest BCUT2D eigenvalue weighted by atomic mass is 10.2. The summed E-state index contributed by atoms with van der Waals surface area (Å²) in [5.74, 6) is 0. The van der Waals surface area contributed by atoms with Crippen molar-refractivity contribution in [2.75, 3.05) is 6.61 Å². The van der Waals surface area contributed by atoms with Crippen LogP contribution in [0, 0.1) is 0 Å². The predicted molar refractivity (Wildman–Crippen MR) is 47.8 cm³/mol. The minimum Gasteiger partial charge on any atom is -0.368 e. The first kappa shape index (κ1) is 7.59. The molecule has 58 valence electrons. The Labute approximate surface area is 78.4 Å². The zero-order valence-electron chi connectivity index (χ0n) is 5.68. The van der Waals surface area contributed by atoms with E-state index in [1.807, 2.05) is 18.2 Å². The van der Waals surface area contributed by atoms with Crippen molar-refractivity contribution in [2.45, 2.75) is 6.10 Å². The number of halogens is 2. The number of ether oxygens (including phenoxy) is 1. The van der Waals surface area contributed by atoms with E-state index < -0.39 is 0 Å². The maximum Gasteiger partial charge on any atom is 0.108 e. The van der Waals surface area contributed by atoms with Gasteiger partial charge in [-0.25, -0.2) is 0 Å². The van der Waals surface area contributed by atoms with E-state index in [1.54, 1.807) is 0 Å². The molecule has 0 saturated carbocycles. The second-order valence-corrected chi connectivity index (χ2v) is 3.72. The summed E-state index contributed by atoms with van der Waals surface area (Å²) in [7, 11) is 0. The van der Waals surface area contributed by atoms with Gasteiger partial charge in [0.25, 0.3) is 0 Å². The fourth-order valence-corrected chi connectivity index (χ4v) is 2.06. The first-order valence-electron chi connectivity index (χ1n) is 3.34. The average molecular weight is 233 g/mol. The van der Waals surface area contributed by atoms with Crippen LogP contribution in [0.25, 0.3) is 0 Å². The molecule has 0 amide bonds. The van der Waals surface area contributed by atoms with Crippen molar-refractivity contribution < 1.29 is 4.74 Å². The fraction of sp³-hybridized carbons (Fsp3) is 0.250. The molecule has 1 aliphatic heterocycles. The van der Waals surface area contributed by atoms with E-state index in [9.17, 15) is 0 Å². The van der Waals surface area contributed by atoms with Gasteiger partial charge in [-0.1, -0.05) is 33.6 Å².